The fourth-order valence-corrected chi connectivity index (χ4v) is 2.10. The minimum Gasteiger partial charge on any atom is -0.496 e. The van der Waals surface area contributed by atoms with E-state index in [1.807, 2.05) is 26.0 Å². The number of hydrogen-bond acceptors (Lipinski definition) is 2. The zero-order valence-electron chi connectivity index (χ0n) is 10.1. The average Bonchev–Trinajstić information content (AvgIpc) is 2.15. The van der Waals surface area contributed by atoms with Gasteiger partial charge in [0.2, 0.25) is 0 Å². The van der Waals surface area contributed by atoms with Crippen molar-refractivity contribution in [3.05, 3.63) is 28.8 Å². The van der Waals surface area contributed by atoms with E-state index in [0.29, 0.717) is 11.4 Å². The third-order valence-electron chi connectivity index (χ3n) is 2.58. The lowest BCUT2D eigenvalue weighted by atomic mass is 9.80. The van der Waals surface area contributed by atoms with E-state index < -0.39 is 0 Å². The predicted molar refractivity (Wildman–Crippen MR) is 66.3 cm³/mol. The average molecular weight is 241 g/mol. The Labute approximate surface area is 102 Å². The van der Waals surface area contributed by atoms with Crippen LogP contribution in [0, 0.1) is 0 Å². The van der Waals surface area contributed by atoms with Crippen molar-refractivity contribution in [2.75, 3.05) is 7.11 Å². The van der Waals surface area contributed by atoms with E-state index in [4.69, 9.17) is 16.3 Å². The molecule has 0 aromatic heterocycles. The van der Waals surface area contributed by atoms with E-state index in [1.54, 1.807) is 20.1 Å². The quantitative estimate of drug-likeness (QED) is 0.804. The van der Waals surface area contributed by atoms with Gasteiger partial charge >= 0.3 is 0 Å². The second kappa shape index (κ2) is 4.88. The van der Waals surface area contributed by atoms with E-state index >= 15 is 0 Å². The smallest absolute Gasteiger partial charge is 0.130 e. The number of Topliss-reactive ketones (excluding diaryl/α,β-unsaturated/α-hetero) is 1. The summed E-state index contributed by atoms with van der Waals surface area (Å²) in [6.07, 6.45) is 0.476. The third-order valence-corrected chi connectivity index (χ3v) is 2.82. The van der Waals surface area contributed by atoms with Crippen molar-refractivity contribution in [2.45, 2.75) is 32.6 Å². The van der Waals surface area contributed by atoms with Gasteiger partial charge < -0.3 is 4.74 Å². The van der Waals surface area contributed by atoms with Crippen molar-refractivity contribution in [2.24, 2.45) is 0 Å². The minimum atomic E-state index is -0.262. The summed E-state index contributed by atoms with van der Waals surface area (Å²) >= 11 is 5.98. The molecule has 2 nitrogen and oxygen atoms in total. The Bertz CT molecular complexity index is 397. The largest absolute Gasteiger partial charge is 0.496 e. The number of hydrogen-bond donors (Lipinski definition) is 0. The molecule has 0 fully saturated rings. The van der Waals surface area contributed by atoms with Gasteiger partial charge in [0.05, 0.1) is 7.11 Å². The molecule has 0 spiro atoms. The van der Waals surface area contributed by atoms with Crippen LogP contribution in [0.25, 0.3) is 0 Å². The summed E-state index contributed by atoms with van der Waals surface area (Å²) in [5, 5.41) is 0.660. The first-order valence-electron chi connectivity index (χ1n) is 5.20. The van der Waals surface area contributed by atoms with Gasteiger partial charge in [-0.1, -0.05) is 25.4 Å². The van der Waals surface area contributed by atoms with Crippen LogP contribution in [0.5, 0.6) is 5.75 Å². The molecule has 0 heterocycles. The SMILES string of the molecule is COc1ccc(Cl)cc1C(C)(C)CC(C)=O. The third kappa shape index (κ3) is 2.99. The maximum Gasteiger partial charge on any atom is 0.130 e. The minimum absolute atomic E-state index is 0.159. The first-order chi connectivity index (χ1) is 7.36. The zero-order chi connectivity index (χ0) is 12.3. The summed E-state index contributed by atoms with van der Waals surface area (Å²) in [5.41, 5.74) is 0.708. The standard InChI is InChI=1S/C13H17ClO2/c1-9(15)8-13(2,3)11-7-10(14)5-6-12(11)16-4/h5-7H,8H2,1-4H3. The Morgan fingerprint density at radius 1 is 1.44 bits per heavy atom. The van der Waals surface area contributed by atoms with Crippen molar-refractivity contribution in [3.63, 3.8) is 0 Å². The van der Waals surface area contributed by atoms with E-state index in [0.717, 1.165) is 11.3 Å². The number of carbonyl (C=O) groups excluding carboxylic acids is 1. The Morgan fingerprint density at radius 2 is 2.06 bits per heavy atom. The van der Waals surface area contributed by atoms with Crippen LogP contribution in [0.4, 0.5) is 0 Å². The van der Waals surface area contributed by atoms with Crippen LogP contribution in [0.15, 0.2) is 18.2 Å². The molecular weight excluding hydrogens is 224 g/mol. The number of methoxy groups -OCH3 is 1. The van der Waals surface area contributed by atoms with Crippen molar-refractivity contribution < 1.29 is 9.53 Å². The maximum absolute atomic E-state index is 11.2. The first kappa shape index (κ1) is 13.0. The van der Waals surface area contributed by atoms with Crippen LogP contribution in [0.1, 0.15) is 32.8 Å². The predicted octanol–water partition coefficient (Wildman–Crippen LogP) is 3.61. The molecule has 0 saturated heterocycles. The van der Waals surface area contributed by atoms with Gasteiger partial charge in [-0.2, -0.15) is 0 Å². The number of rotatable bonds is 4. The molecule has 88 valence electrons. The lowest BCUT2D eigenvalue weighted by molar-refractivity contribution is -0.118. The molecule has 0 aliphatic rings. The summed E-state index contributed by atoms with van der Waals surface area (Å²) < 4.78 is 5.30. The van der Waals surface area contributed by atoms with Crippen LogP contribution in [0.2, 0.25) is 5.02 Å². The molecule has 16 heavy (non-hydrogen) atoms. The van der Waals surface area contributed by atoms with Crippen molar-refractivity contribution >= 4 is 17.4 Å². The molecule has 0 amide bonds. The van der Waals surface area contributed by atoms with E-state index in [-0.39, 0.29) is 11.2 Å². The molecular formula is C13H17ClO2. The molecule has 0 N–H and O–H groups in total. The lowest BCUT2D eigenvalue weighted by Crippen LogP contribution is -2.21. The number of halogens is 1. The summed E-state index contributed by atoms with van der Waals surface area (Å²) in [6, 6.07) is 5.48. The van der Waals surface area contributed by atoms with Gasteiger partial charge in [-0.3, -0.25) is 4.79 Å². The zero-order valence-corrected chi connectivity index (χ0v) is 10.9. The highest BCUT2D eigenvalue weighted by Gasteiger charge is 2.26. The highest BCUT2D eigenvalue weighted by atomic mass is 35.5. The molecule has 0 bridgehead atoms. The Balaban J connectivity index is 3.18. The Morgan fingerprint density at radius 3 is 2.56 bits per heavy atom. The topological polar surface area (TPSA) is 26.3 Å². The molecule has 1 aromatic carbocycles. The van der Waals surface area contributed by atoms with Gasteiger partial charge in [0.15, 0.2) is 0 Å². The van der Waals surface area contributed by atoms with E-state index in [2.05, 4.69) is 0 Å². The highest BCUT2D eigenvalue weighted by molar-refractivity contribution is 6.30. The molecule has 0 saturated carbocycles. The number of carbonyl (C=O) groups is 1. The van der Waals surface area contributed by atoms with Crippen molar-refractivity contribution in [3.8, 4) is 5.75 Å². The van der Waals surface area contributed by atoms with Crippen LogP contribution >= 0.6 is 11.6 Å². The Hall–Kier alpha value is -1.02. The second-order valence-electron chi connectivity index (χ2n) is 4.61. The van der Waals surface area contributed by atoms with Gasteiger partial charge in [0, 0.05) is 22.4 Å². The highest BCUT2D eigenvalue weighted by Crippen LogP contribution is 2.36. The molecule has 0 unspecified atom stereocenters. The summed E-state index contributed by atoms with van der Waals surface area (Å²) in [7, 11) is 1.62. The van der Waals surface area contributed by atoms with Gasteiger partial charge in [0.1, 0.15) is 11.5 Å². The van der Waals surface area contributed by atoms with Gasteiger partial charge in [0.25, 0.3) is 0 Å². The fraction of sp³-hybridized carbons (Fsp3) is 0.462. The van der Waals surface area contributed by atoms with E-state index in [9.17, 15) is 4.79 Å². The van der Waals surface area contributed by atoms with Gasteiger partial charge in [-0.15, -0.1) is 0 Å². The van der Waals surface area contributed by atoms with Crippen LogP contribution in [-0.2, 0) is 10.2 Å². The maximum atomic E-state index is 11.2. The number of ether oxygens (including phenoxy) is 1. The van der Waals surface area contributed by atoms with Crippen LogP contribution in [0.3, 0.4) is 0 Å². The Kier molecular flexibility index (Phi) is 3.98. The first-order valence-corrected chi connectivity index (χ1v) is 5.58. The summed E-state index contributed by atoms with van der Waals surface area (Å²) in [6.45, 7) is 5.63. The molecule has 0 atom stereocenters. The van der Waals surface area contributed by atoms with Crippen molar-refractivity contribution in [1.82, 2.24) is 0 Å². The number of benzene rings is 1. The molecule has 3 heteroatoms. The second-order valence-corrected chi connectivity index (χ2v) is 5.04. The van der Waals surface area contributed by atoms with Gasteiger partial charge in [-0.05, 0) is 25.1 Å². The normalized spacial score (nSPS) is 11.3. The molecule has 1 rings (SSSR count). The summed E-state index contributed by atoms with van der Waals surface area (Å²) in [4.78, 5) is 11.2. The molecule has 0 aliphatic carbocycles. The molecule has 0 radical (unpaired) electrons. The van der Waals surface area contributed by atoms with Crippen LogP contribution in [-0.4, -0.2) is 12.9 Å². The van der Waals surface area contributed by atoms with E-state index in [1.165, 1.54) is 0 Å². The lowest BCUT2D eigenvalue weighted by Gasteiger charge is -2.26. The monoisotopic (exact) mass is 240 g/mol. The number of ketones is 1. The fourth-order valence-electron chi connectivity index (χ4n) is 1.93. The van der Waals surface area contributed by atoms with Gasteiger partial charge in [-0.25, -0.2) is 0 Å². The molecule has 1 aromatic rings. The van der Waals surface area contributed by atoms with Crippen LogP contribution < -0.4 is 4.74 Å². The van der Waals surface area contributed by atoms with Crippen molar-refractivity contribution in [1.29, 1.82) is 0 Å². The molecule has 0 aliphatic heterocycles. The summed E-state index contributed by atoms with van der Waals surface area (Å²) in [5.74, 6) is 0.933.